The van der Waals surface area contributed by atoms with Gasteiger partial charge in [0.1, 0.15) is 11.9 Å². The number of methoxy groups -OCH3 is 1. The van der Waals surface area contributed by atoms with E-state index >= 15 is 0 Å². The smallest absolute Gasteiger partial charge is 0.119 e. The fourth-order valence-corrected chi connectivity index (χ4v) is 2.21. The highest BCUT2D eigenvalue weighted by Gasteiger charge is 2.35. The lowest BCUT2D eigenvalue weighted by Gasteiger charge is -2.35. The van der Waals surface area contributed by atoms with Crippen molar-refractivity contribution in [1.29, 1.82) is 0 Å². The zero-order valence-electron chi connectivity index (χ0n) is 16.8. The minimum atomic E-state index is -0.266. The summed E-state index contributed by atoms with van der Waals surface area (Å²) in [6, 6.07) is 7.90. The average Bonchev–Trinajstić information content (AvgIpc) is 2.58. The summed E-state index contributed by atoms with van der Waals surface area (Å²) < 4.78 is 11.2. The van der Waals surface area contributed by atoms with Gasteiger partial charge in [-0.05, 0) is 38.1 Å². The number of hydrogen-bond acceptors (Lipinski definition) is 3. The Kier molecular flexibility index (Phi) is 7.99. The molecule has 0 unspecified atom stereocenters. The van der Waals surface area contributed by atoms with E-state index in [0.717, 1.165) is 24.2 Å². The Morgan fingerprint density at radius 1 is 1.04 bits per heavy atom. The van der Waals surface area contributed by atoms with Gasteiger partial charge in [0.15, 0.2) is 0 Å². The molecule has 0 aromatic heterocycles. The summed E-state index contributed by atoms with van der Waals surface area (Å²) in [6.07, 6.45) is 2.54. The topological polar surface area (TPSA) is 38.7 Å². The van der Waals surface area contributed by atoms with Crippen molar-refractivity contribution in [1.82, 2.24) is 0 Å². The van der Waals surface area contributed by atoms with Gasteiger partial charge in [-0.3, -0.25) is 0 Å². The summed E-state index contributed by atoms with van der Waals surface area (Å²) in [5.74, 6) is 7.39. The van der Waals surface area contributed by atoms with Crippen molar-refractivity contribution in [3.63, 3.8) is 0 Å². The SMILES string of the molecule is CC.COC1CC(Oc2ccc(C#CC(C)(C)C(C)(C)CO)cc2)C1. The molecule has 1 fully saturated rings. The summed E-state index contributed by atoms with van der Waals surface area (Å²) >= 11 is 0. The first kappa shape index (κ1) is 21.5. The molecule has 0 spiro atoms. The van der Waals surface area contributed by atoms with Gasteiger partial charge in [0.05, 0.1) is 6.10 Å². The van der Waals surface area contributed by atoms with Crippen LogP contribution in [0.4, 0.5) is 0 Å². The predicted octanol–water partition coefficient (Wildman–Crippen LogP) is 4.67. The van der Waals surface area contributed by atoms with E-state index < -0.39 is 0 Å². The third-order valence-corrected chi connectivity index (χ3v) is 5.15. The van der Waals surface area contributed by atoms with Crippen molar-refractivity contribution >= 4 is 0 Å². The second kappa shape index (κ2) is 9.27. The van der Waals surface area contributed by atoms with E-state index in [1.54, 1.807) is 7.11 Å². The maximum Gasteiger partial charge on any atom is 0.119 e. The van der Waals surface area contributed by atoms with E-state index in [4.69, 9.17) is 9.47 Å². The molecule has 1 N–H and O–H groups in total. The summed E-state index contributed by atoms with van der Waals surface area (Å²) in [6.45, 7) is 12.3. The molecule has 1 aliphatic carbocycles. The third kappa shape index (κ3) is 5.76. The Morgan fingerprint density at radius 2 is 1.60 bits per heavy atom. The zero-order chi connectivity index (χ0) is 19.1. The van der Waals surface area contributed by atoms with Crippen LogP contribution < -0.4 is 4.74 Å². The van der Waals surface area contributed by atoms with Crippen molar-refractivity contribution < 1.29 is 14.6 Å². The van der Waals surface area contributed by atoms with Gasteiger partial charge >= 0.3 is 0 Å². The molecule has 0 heterocycles. The summed E-state index contributed by atoms with van der Waals surface area (Å²) in [4.78, 5) is 0. The number of aliphatic hydroxyl groups is 1. The fraction of sp³-hybridized carbons (Fsp3) is 0.636. The first-order chi connectivity index (χ1) is 11.8. The molecule has 1 aromatic rings. The van der Waals surface area contributed by atoms with Crippen molar-refractivity contribution in [3.05, 3.63) is 29.8 Å². The van der Waals surface area contributed by atoms with Gasteiger partial charge in [0, 0.05) is 43.0 Å². The minimum absolute atomic E-state index is 0.116. The molecular weight excluding hydrogens is 312 g/mol. The van der Waals surface area contributed by atoms with Crippen LogP contribution in [-0.4, -0.2) is 31.0 Å². The van der Waals surface area contributed by atoms with Crippen molar-refractivity contribution in [2.24, 2.45) is 10.8 Å². The van der Waals surface area contributed by atoms with E-state index in [9.17, 15) is 5.11 Å². The molecule has 0 saturated heterocycles. The predicted molar refractivity (Wildman–Crippen MR) is 104 cm³/mol. The van der Waals surface area contributed by atoms with Crippen LogP contribution in [0.25, 0.3) is 0 Å². The van der Waals surface area contributed by atoms with Gasteiger partial charge in [-0.25, -0.2) is 0 Å². The first-order valence-electron chi connectivity index (χ1n) is 9.21. The van der Waals surface area contributed by atoms with Crippen LogP contribution in [0, 0.1) is 22.7 Å². The van der Waals surface area contributed by atoms with Gasteiger partial charge in [-0.1, -0.05) is 39.5 Å². The van der Waals surface area contributed by atoms with Crippen LogP contribution in [0.1, 0.15) is 59.9 Å². The van der Waals surface area contributed by atoms with E-state index in [2.05, 4.69) is 25.7 Å². The Hall–Kier alpha value is -1.50. The molecule has 140 valence electrons. The summed E-state index contributed by atoms with van der Waals surface area (Å²) in [5.41, 5.74) is 0.450. The molecule has 0 aliphatic heterocycles. The lowest BCUT2D eigenvalue weighted by Crippen LogP contribution is -2.38. The molecule has 2 rings (SSSR count). The molecule has 1 aromatic carbocycles. The Labute approximate surface area is 153 Å². The maximum atomic E-state index is 9.52. The number of ether oxygens (including phenoxy) is 2. The number of benzene rings is 1. The monoisotopic (exact) mass is 346 g/mol. The minimum Gasteiger partial charge on any atom is -0.490 e. The Morgan fingerprint density at radius 3 is 2.08 bits per heavy atom. The molecule has 3 nitrogen and oxygen atoms in total. The molecule has 25 heavy (non-hydrogen) atoms. The van der Waals surface area contributed by atoms with Crippen LogP contribution in [-0.2, 0) is 4.74 Å². The first-order valence-corrected chi connectivity index (χ1v) is 9.21. The highest BCUT2D eigenvalue weighted by molar-refractivity contribution is 5.39. The zero-order valence-corrected chi connectivity index (χ0v) is 16.8. The second-order valence-corrected chi connectivity index (χ2v) is 7.51. The standard InChI is InChI=1S/C20H28O3.C2H6/c1-19(2,20(3,4)14-21)11-10-15-6-8-16(9-7-15)23-18-12-17(13-18)22-5;1-2/h6-9,17-18,21H,12-14H2,1-5H3;1-2H3. The molecule has 0 bridgehead atoms. The van der Waals surface area contributed by atoms with E-state index in [1.807, 2.05) is 52.0 Å². The Bertz CT molecular complexity index is 570. The van der Waals surface area contributed by atoms with Crippen LogP contribution in [0.2, 0.25) is 0 Å². The largest absolute Gasteiger partial charge is 0.490 e. The van der Waals surface area contributed by atoms with Gasteiger partial charge in [0.2, 0.25) is 0 Å². The fourth-order valence-electron chi connectivity index (χ4n) is 2.21. The van der Waals surface area contributed by atoms with Crippen LogP contribution in [0.5, 0.6) is 5.75 Å². The molecule has 0 amide bonds. The summed E-state index contributed by atoms with van der Waals surface area (Å²) in [5, 5.41) is 9.52. The van der Waals surface area contributed by atoms with Gasteiger partial charge < -0.3 is 14.6 Å². The molecule has 0 radical (unpaired) electrons. The van der Waals surface area contributed by atoms with E-state index in [-0.39, 0.29) is 23.5 Å². The van der Waals surface area contributed by atoms with Gasteiger partial charge in [-0.15, -0.1) is 0 Å². The van der Waals surface area contributed by atoms with Crippen molar-refractivity contribution in [2.45, 2.75) is 66.6 Å². The lowest BCUT2D eigenvalue weighted by atomic mass is 9.69. The molecule has 1 aliphatic rings. The highest BCUT2D eigenvalue weighted by Crippen LogP contribution is 2.37. The summed E-state index contributed by atoms with van der Waals surface area (Å²) in [7, 11) is 1.74. The lowest BCUT2D eigenvalue weighted by molar-refractivity contribution is -0.0381. The second-order valence-electron chi connectivity index (χ2n) is 7.51. The normalized spacial score (nSPS) is 19.7. The van der Waals surface area contributed by atoms with Crippen molar-refractivity contribution in [3.8, 4) is 17.6 Å². The van der Waals surface area contributed by atoms with E-state index in [1.165, 1.54) is 0 Å². The highest BCUT2D eigenvalue weighted by atomic mass is 16.5. The number of rotatable bonds is 5. The van der Waals surface area contributed by atoms with E-state index in [0.29, 0.717) is 6.10 Å². The van der Waals surface area contributed by atoms with Gasteiger partial charge in [-0.2, -0.15) is 0 Å². The molecule has 3 heteroatoms. The molecule has 1 saturated carbocycles. The van der Waals surface area contributed by atoms with Crippen molar-refractivity contribution in [2.75, 3.05) is 13.7 Å². The number of aliphatic hydroxyl groups excluding tert-OH is 1. The quantitative estimate of drug-likeness (QED) is 0.788. The molecular formula is C22H34O3. The van der Waals surface area contributed by atoms with Crippen LogP contribution >= 0.6 is 0 Å². The van der Waals surface area contributed by atoms with Gasteiger partial charge in [0.25, 0.3) is 0 Å². The third-order valence-electron chi connectivity index (χ3n) is 5.15. The maximum absolute atomic E-state index is 9.52. The molecule has 0 atom stereocenters. The Balaban J connectivity index is 0.00000151. The van der Waals surface area contributed by atoms with Crippen LogP contribution in [0.3, 0.4) is 0 Å². The average molecular weight is 347 g/mol. The number of hydrogen-bond donors (Lipinski definition) is 1. The van der Waals surface area contributed by atoms with Crippen LogP contribution in [0.15, 0.2) is 24.3 Å².